The minimum absolute atomic E-state index is 0.0280. The molecule has 0 radical (unpaired) electrons. The molecule has 0 spiro atoms. The van der Waals surface area contributed by atoms with Crippen LogP contribution in [0, 0.1) is 0 Å². The lowest BCUT2D eigenvalue weighted by molar-refractivity contribution is -0.163. The van der Waals surface area contributed by atoms with Gasteiger partial charge in [0.2, 0.25) is 0 Å². The Morgan fingerprint density at radius 1 is 0.641 bits per heavy atom. The first-order valence-electron chi connectivity index (χ1n) is 14.3. The van der Waals surface area contributed by atoms with E-state index in [1.54, 1.807) is 0 Å². The molecule has 10 heteroatoms. The van der Waals surface area contributed by atoms with Crippen LogP contribution in [0.25, 0.3) is 0 Å². The van der Waals surface area contributed by atoms with Crippen molar-refractivity contribution < 1.29 is 48.3 Å². The summed E-state index contributed by atoms with van der Waals surface area (Å²) in [6, 6.07) is 0. The fourth-order valence-electron chi connectivity index (χ4n) is 3.03. The van der Waals surface area contributed by atoms with Gasteiger partial charge >= 0.3 is 23.9 Å². The minimum atomic E-state index is -0.754. The Morgan fingerprint density at radius 2 is 1.03 bits per heavy atom. The summed E-state index contributed by atoms with van der Waals surface area (Å²) in [5.41, 5.74) is 0. The minimum Gasteiger partial charge on any atom is -0.463 e. The SMILES string of the molecule is CC(=O)OCC(COC(C)=O)OC(C)=O.CC(O)CO.CCCCCCCCCCCCCC(=O)OC(C)C. The van der Waals surface area contributed by atoms with Crippen molar-refractivity contribution in [2.24, 2.45) is 0 Å². The fourth-order valence-corrected chi connectivity index (χ4v) is 3.03. The van der Waals surface area contributed by atoms with Gasteiger partial charge < -0.3 is 29.2 Å². The molecule has 39 heavy (non-hydrogen) atoms. The van der Waals surface area contributed by atoms with Crippen LogP contribution in [0.4, 0.5) is 0 Å². The van der Waals surface area contributed by atoms with Gasteiger partial charge in [0.15, 0.2) is 6.10 Å². The quantitative estimate of drug-likeness (QED) is 0.124. The maximum atomic E-state index is 11.3. The second-order valence-corrected chi connectivity index (χ2v) is 9.69. The summed E-state index contributed by atoms with van der Waals surface area (Å²) < 4.78 is 19.1. The first-order chi connectivity index (χ1) is 18.3. The third-order valence-corrected chi connectivity index (χ3v) is 4.89. The number of carbonyl (C=O) groups is 4. The maximum absolute atomic E-state index is 11.3. The van der Waals surface area contributed by atoms with Gasteiger partial charge in [-0.3, -0.25) is 19.2 Å². The van der Waals surface area contributed by atoms with Crippen molar-refractivity contribution in [3.63, 3.8) is 0 Å². The van der Waals surface area contributed by atoms with Crippen molar-refractivity contribution in [1.82, 2.24) is 0 Å². The molecule has 0 aliphatic rings. The molecule has 2 N–H and O–H groups in total. The molecule has 0 saturated carbocycles. The number of ether oxygens (including phenoxy) is 4. The van der Waals surface area contributed by atoms with Crippen molar-refractivity contribution in [3.8, 4) is 0 Å². The molecule has 0 aromatic heterocycles. The van der Waals surface area contributed by atoms with Crippen LogP contribution in [-0.4, -0.2) is 72.2 Å². The Balaban J connectivity index is -0.000000576. The van der Waals surface area contributed by atoms with Gasteiger partial charge in [0.05, 0.1) is 18.8 Å². The van der Waals surface area contributed by atoms with Crippen molar-refractivity contribution in [1.29, 1.82) is 0 Å². The lowest BCUT2D eigenvalue weighted by atomic mass is 10.1. The molecule has 0 aliphatic heterocycles. The summed E-state index contributed by atoms with van der Waals surface area (Å²) in [7, 11) is 0. The van der Waals surface area contributed by atoms with Gasteiger partial charge in [-0.2, -0.15) is 0 Å². The van der Waals surface area contributed by atoms with E-state index in [0.29, 0.717) is 6.42 Å². The molecule has 0 heterocycles. The number of carbonyl (C=O) groups excluding carboxylic acids is 4. The standard InChI is InChI=1S/C17H34O2.C9H14O6.C3H8O2/c1-4-5-6-7-8-9-10-11-12-13-14-15-17(18)19-16(2)3;1-6(10)13-4-9(15-8(3)12)5-14-7(2)11;1-3(5)2-4/h16H,4-15H2,1-3H3;9H,4-5H2,1-3H3;3-5H,2H2,1H3. The number of rotatable bonds is 19. The lowest BCUT2D eigenvalue weighted by Gasteiger charge is -2.15. The molecule has 0 aliphatic carbocycles. The Kier molecular flexibility index (Phi) is 32.1. The number of unbranched alkanes of at least 4 members (excludes halogenated alkanes) is 10. The van der Waals surface area contributed by atoms with Gasteiger partial charge in [0.1, 0.15) is 13.2 Å². The Morgan fingerprint density at radius 3 is 1.33 bits per heavy atom. The lowest BCUT2D eigenvalue weighted by Crippen LogP contribution is -2.29. The number of hydrogen-bond donors (Lipinski definition) is 2. The van der Waals surface area contributed by atoms with Crippen molar-refractivity contribution in [3.05, 3.63) is 0 Å². The number of aliphatic hydroxyl groups excluding tert-OH is 2. The monoisotopic (exact) mass is 564 g/mol. The van der Waals surface area contributed by atoms with Crippen molar-refractivity contribution >= 4 is 23.9 Å². The van der Waals surface area contributed by atoms with E-state index >= 15 is 0 Å². The molecule has 0 saturated heterocycles. The normalized spacial score (nSPS) is 10.9. The van der Waals surface area contributed by atoms with Gasteiger partial charge in [-0.1, -0.05) is 71.1 Å². The van der Waals surface area contributed by atoms with Crippen LogP contribution in [0.3, 0.4) is 0 Å². The average molecular weight is 565 g/mol. The second kappa shape index (κ2) is 30.3. The number of aliphatic hydroxyl groups is 2. The van der Waals surface area contributed by atoms with E-state index in [1.807, 2.05) is 13.8 Å². The fraction of sp³-hybridized carbons (Fsp3) is 0.862. The second-order valence-electron chi connectivity index (χ2n) is 9.69. The highest BCUT2D eigenvalue weighted by molar-refractivity contribution is 5.69. The van der Waals surface area contributed by atoms with E-state index in [9.17, 15) is 19.2 Å². The summed E-state index contributed by atoms with van der Waals surface area (Å²) >= 11 is 0. The van der Waals surface area contributed by atoms with Gasteiger partial charge in [0, 0.05) is 27.2 Å². The molecule has 0 bridgehead atoms. The van der Waals surface area contributed by atoms with Crippen LogP contribution >= 0.6 is 0 Å². The molecule has 1 unspecified atom stereocenters. The van der Waals surface area contributed by atoms with Gasteiger partial charge in [-0.05, 0) is 27.2 Å². The summed E-state index contributed by atoms with van der Waals surface area (Å²) in [6.07, 6.45) is 13.8. The molecular formula is C29H56O10. The molecule has 0 amide bonds. The molecule has 0 aromatic carbocycles. The summed E-state index contributed by atoms with van der Waals surface area (Å²) in [5.74, 6) is -1.55. The zero-order valence-corrected chi connectivity index (χ0v) is 25.5. The zero-order valence-electron chi connectivity index (χ0n) is 25.5. The molecule has 1 atom stereocenters. The Bertz CT molecular complexity index is 587. The Hall–Kier alpha value is -2.20. The largest absolute Gasteiger partial charge is 0.463 e. The maximum Gasteiger partial charge on any atom is 0.306 e. The molecular weight excluding hydrogens is 508 g/mol. The summed E-state index contributed by atoms with van der Waals surface area (Å²) in [4.78, 5) is 42.9. The van der Waals surface area contributed by atoms with E-state index in [4.69, 9.17) is 19.7 Å². The van der Waals surface area contributed by atoms with Gasteiger partial charge in [-0.25, -0.2) is 0 Å². The van der Waals surface area contributed by atoms with E-state index in [0.717, 1.165) is 6.42 Å². The number of esters is 4. The highest BCUT2D eigenvalue weighted by Crippen LogP contribution is 2.12. The first-order valence-corrected chi connectivity index (χ1v) is 14.3. The van der Waals surface area contributed by atoms with Crippen LogP contribution in [0.5, 0.6) is 0 Å². The predicted octanol–water partition coefficient (Wildman–Crippen LogP) is 5.04. The topological polar surface area (TPSA) is 146 Å². The Labute approximate surface area is 236 Å². The van der Waals surface area contributed by atoms with E-state index in [2.05, 4.69) is 16.4 Å². The smallest absolute Gasteiger partial charge is 0.306 e. The third kappa shape index (κ3) is 43.1. The molecule has 0 aromatic rings. The van der Waals surface area contributed by atoms with Crippen LogP contribution in [0.2, 0.25) is 0 Å². The van der Waals surface area contributed by atoms with Crippen LogP contribution in [0.1, 0.15) is 126 Å². The molecule has 232 valence electrons. The highest BCUT2D eigenvalue weighted by atomic mass is 16.6. The van der Waals surface area contributed by atoms with E-state index < -0.39 is 30.1 Å². The van der Waals surface area contributed by atoms with Gasteiger partial charge in [0.25, 0.3) is 0 Å². The molecule has 0 fully saturated rings. The summed E-state index contributed by atoms with van der Waals surface area (Å²) in [6.45, 7) is 10.9. The average Bonchev–Trinajstić information content (AvgIpc) is 2.84. The summed E-state index contributed by atoms with van der Waals surface area (Å²) in [5, 5.41) is 16.0. The van der Waals surface area contributed by atoms with Crippen molar-refractivity contribution in [2.45, 2.75) is 144 Å². The third-order valence-electron chi connectivity index (χ3n) is 4.89. The number of hydrogen-bond acceptors (Lipinski definition) is 10. The first kappa shape index (κ1) is 41.3. The molecule has 10 nitrogen and oxygen atoms in total. The highest BCUT2D eigenvalue weighted by Gasteiger charge is 2.15. The van der Waals surface area contributed by atoms with Crippen LogP contribution < -0.4 is 0 Å². The van der Waals surface area contributed by atoms with E-state index in [-0.39, 0.29) is 31.9 Å². The van der Waals surface area contributed by atoms with Gasteiger partial charge in [-0.15, -0.1) is 0 Å². The van der Waals surface area contributed by atoms with E-state index in [1.165, 1.54) is 91.9 Å². The molecule has 0 rings (SSSR count). The zero-order chi connectivity index (χ0) is 30.5. The van der Waals surface area contributed by atoms with Crippen molar-refractivity contribution in [2.75, 3.05) is 19.8 Å². The predicted molar refractivity (Wildman–Crippen MR) is 150 cm³/mol. The van der Waals surface area contributed by atoms with Crippen LogP contribution in [-0.2, 0) is 38.1 Å². The van der Waals surface area contributed by atoms with Crippen LogP contribution in [0.15, 0.2) is 0 Å².